The number of sulfone groups is 1. The summed E-state index contributed by atoms with van der Waals surface area (Å²) in [6, 6.07) is 3.51. The third-order valence-corrected chi connectivity index (χ3v) is 5.09. The van der Waals surface area contributed by atoms with Gasteiger partial charge in [0, 0.05) is 24.6 Å². The fourth-order valence-electron chi connectivity index (χ4n) is 2.05. The molecule has 1 aromatic carbocycles. The van der Waals surface area contributed by atoms with Crippen LogP contribution in [-0.2, 0) is 14.6 Å². The Hall–Kier alpha value is -0.950. The SMILES string of the molecule is CS(=O)(=O)c1ccc(F)c(N2CC(CBr)CC2=O)c1. The Labute approximate surface area is 119 Å². The molecule has 7 heteroatoms. The van der Waals surface area contributed by atoms with E-state index in [-0.39, 0.29) is 22.4 Å². The Morgan fingerprint density at radius 1 is 1.47 bits per heavy atom. The number of carbonyl (C=O) groups excluding carboxylic acids is 1. The predicted octanol–water partition coefficient (Wildman–Crippen LogP) is 1.98. The van der Waals surface area contributed by atoms with Gasteiger partial charge in [0.2, 0.25) is 5.91 Å². The molecule has 0 saturated carbocycles. The second kappa shape index (κ2) is 5.20. The maximum atomic E-state index is 13.8. The van der Waals surface area contributed by atoms with Crippen molar-refractivity contribution < 1.29 is 17.6 Å². The Kier molecular flexibility index (Phi) is 3.96. The number of hydrogen-bond acceptors (Lipinski definition) is 3. The van der Waals surface area contributed by atoms with E-state index in [1.165, 1.54) is 17.0 Å². The molecule has 0 aromatic heterocycles. The maximum Gasteiger partial charge on any atom is 0.227 e. The lowest BCUT2D eigenvalue weighted by Gasteiger charge is -2.18. The van der Waals surface area contributed by atoms with Gasteiger partial charge in [-0.3, -0.25) is 4.79 Å². The molecule has 2 rings (SSSR count). The van der Waals surface area contributed by atoms with Crippen LogP contribution in [0.2, 0.25) is 0 Å². The van der Waals surface area contributed by atoms with E-state index in [0.717, 1.165) is 12.3 Å². The Morgan fingerprint density at radius 3 is 2.68 bits per heavy atom. The summed E-state index contributed by atoms with van der Waals surface area (Å²) in [5.74, 6) is -0.654. The zero-order valence-corrected chi connectivity index (χ0v) is 12.7. The third-order valence-electron chi connectivity index (χ3n) is 3.06. The first kappa shape index (κ1) is 14.5. The lowest BCUT2D eigenvalue weighted by atomic mass is 10.2. The molecule has 1 aromatic rings. The van der Waals surface area contributed by atoms with Crippen LogP contribution in [0.4, 0.5) is 10.1 Å². The summed E-state index contributed by atoms with van der Waals surface area (Å²) in [7, 11) is -3.42. The highest BCUT2D eigenvalue weighted by atomic mass is 79.9. The number of nitrogens with zero attached hydrogens (tertiary/aromatic N) is 1. The molecule has 19 heavy (non-hydrogen) atoms. The minimum atomic E-state index is -3.42. The summed E-state index contributed by atoms with van der Waals surface area (Å²) < 4.78 is 36.8. The molecule has 0 aliphatic carbocycles. The summed E-state index contributed by atoms with van der Waals surface area (Å²) in [6.45, 7) is 0.397. The Morgan fingerprint density at radius 2 is 2.16 bits per heavy atom. The van der Waals surface area contributed by atoms with E-state index < -0.39 is 15.7 Å². The molecule has 0 radical (unpaired) electrons. The molecule has 1 amide bonds. The molecular weight excluding hydrogens is 337 g/mol. The normalized spacial score (nSPS) is 20.1. The Balaban J connectivity index is 2.42. The fourth-order valence-corrected chi connectivity index (χ4v) is 3.12. The number of alkyl halides is 1. The second-order valence-electron chi connectivity index (χ2n) is 4.61. The molecule has 1 aliphatic heterocycles. The molecule has 1 aliphatic rings. The van der Waals surface area contributed by atoms with Crippen molar-refractivity contribution in [2.75, 3.05) is 23.0 Å². The van der Waals surface area contributed by atoms with Crippen molar-refractivity contribution in [3.63, 3.8) is 0 Å². The molecule has 4 nitrogen and oxygen atoms in total. The number of anilines is 1. The van der Waals surface area contributed by atoms with Gasteiger partial charge in [-0.05, 0) is 24.1 Å². The van der Waals surface area contributed by atoms with E-state index in [0.29, 0.717) is 18.3 Å². The van der Waals surface area contributed by atoms with E-state index in [1.807, 2.05) is 0 Å². The van der Waals surface area contributed by atoms with Crippen LogP contribution in [0, 0.1) is 11.7 Å². The van der Waals surface area contributed by atoms with Gasteiger partial charge in [-0.2, -0.15) is 0 Å². The summed E-state index contributed by atoms with van der Waals surface area (Å²) in [5.41, 5.74) is 0.0383. The van der Waals surface area contributed by atoms with Gasteiger partial charge in [0.25, 0.3) is 0 Å². The first-order valence-electron chi connectivity index (χ1n) is 5.69. The van der Waals surface area contributed by atoms with Gasteiger partial charge in [-0.25, -0.2) is 12.8 Å². The zero-order valence-electron chi connectivity index (χ0n) is 10.3. The molecule has 1 unspecified atom stereocenters. The van der Waals surface area contributed by atoms with Crippen LogP contribution in [0.3, 0.4) is 0 Å². The van der Waals surface area contributed by atoms with Gasteiger partial charge in [-0.1, -0.05) is 15.9 Å². The van der Waals surface area contributed by atoms with E-state index in [9.17, 15) is 17.6 Å². The summed E-state index contributed by atoms with van der Waals surface area (Å²) in [5, 5.41) is 0.655. The molecule has 0 N–H and O–H groups in total. The van der Waals surface area contributed by atoms with E-state index in [2.05, 4.69) is 15.9 Å². The quantitative estimate of drug-likeness (QED) is 0.619. The number of benzene rings is 1. The smallest absolute Gasteiger partial charge is 0.227 e. The van der Waals surface area contributed by atoms with Crippen molar-refractivity contribution >= 4 is 37.4 Å². The first-order valence-corrected chi connectivity index (χ1v) is 8.70. The standard InChI is InChI=1S/C12H13BrFNO3S/c1-19(17,18)9-2-3-10(14)11(5-9)15-7-8(6-13)4-12(15)16/h2-3,5,8H,4,6-7H2,1H3. The van der Waals surface area contributed by atoms with Gasteiger partial charge in [-0.15, -0.1) is 0 Å². The van der Waals surface area contributed by atoms with Crippen molar-refractivity contribution in [1.82, 2.24) is 0 Å². The van der Waals surface area contributed by atoms with Crippen molar-refractivity contribution in [3.8, 4) is 0 Å². The first-order chi connectivity index (χ1) is 8.82. The predicted molar refractivity (Wildman–Crippen MR) is 73.8 cm³/mol. The lowest BCUT2D eigenvalue weighted by Crippen LogP contribution is -2.26. The van der Waals surface area contributed by atoms with Gasteiger partial charge < -0.3 is 4.90 Å². The average Bonchev–Trinajstić information content (AvgIpc) is 2.69. The van der Waals surface area contributed by atoms with Gasteiger partial charge in [0.05, 0.1) is 10.6 Å². The fraction of sp³-hybridized carbons (Fsp3) is 0.417. The second-order valence-corrected chi connectivity index (χ2v) is 7.28. The van der Waals surface area contributed by atoms with Crippen molar-refractivity contribution in [2.24, 2.45) is 5.92 Å². The Bertz CT molecular complexity index is 617. The van der Waals surface area contributed by atoms with Crippen molar-refractivity contribution in [2.45, 2.75) is 11.3 Å². The lowest BCUT2D eigenvalue weighted by molar-refractivity contribution is -0.117. The van der Waals surface area contributed by atoms with Crippen LogP contribution in [-0.4, -0.2) is 32.5 Å². The molecule has 1 fully saturated rings. The molecule has 1 heterocycles. The summed E-state index contributed by atoms with van der Waals surface area (Å²) >= 11 is 3.30. The monoisotopic (exact) mass is 349 g/mol. The maximum absolute atomic E-state index is 13.8. The summed E-state index contributed by atoms with van der Waals surface area (Å²) in [6.07, 6.45) is 1.39. The summed E-state index contributed by atoms with van der Waals surface area (Å²) in [4.78, 5) is 13.2. The molecule has 1 saturated heterocycles. The van der Waals surface area contributed by atoms with Gasteiger partial charge >= 0.3 is 0 Å². The van der Waals surface area contributed by atoms with Gasteiger partial charge in [0.1, 0.15) is 5.82 Å². The van der Waals surface area contributed by atoms with Crippen molar-refractivity contribution in [1.29, 1.82) is 0 Å². The highest BCUT2D eigenvalue weighted by Gasteiger charge is 2.31. The van der Waals surface area contributed by atoms with Crippen LogP contribution >= 0.6 is 15.9 Å². The minimum Gasteiger partial charge on any atom is -0.309 e. The van der Waals surface area contributed by atoms with Crippen LogP contribution in [0.25, 0.3) is 0 Å². The van der Waals surface area contributed by atoms with E-state index in [4.69, 9.17) is 0 Å². The molecule has 1 atom stereocenters. The highest BCUT2D eigenvalue weighted by molar-refractivity contribution is 9.09. The van der Waals surface area contributed by atoms with Crippen LogP contribution < -0.4 is 4.90 Å². The van der Waals surface area contributed by atoms with E-state index in [1.54, 1.807) is 0 Å². The zero-order chi connectivity index (χ0) is 14.2. The highest BCUT2D eigenvalue weighted by Crippen LogP contribution is 2.30. The third kappa shape index (κ3) is 2.97. The number of hydrogen-bond donors (Lipinski definition) is 0. The van der Waals surface area contributed by atoms with Crippen LogP contribution in [0.5, 0.6) is 0 Å². The number of rotatable bonds is 3. The largest absolute Gasteiger partial charge is 0.309 e. The topological polar surface area (TPSA) is 54.5 Å². The molecule has 104 valence electrons. The molecule has 0 spiro atoms. The average molecular weight is 350 g/mol. The molecule has 0 bridgehead atoms. The van der Waals surface area contributed by atoms with E-state index >= 15 is 0 Å². The minimum absolute atomic E-state index is 0.0130. The van der Waals surface area contributed by atoms with Gasteiger partial charge in [0.15, 0.2) is 9.84 Å². The number of halogens is 2. The van der Waals surface area contributed by atoms with Crippen molar-refractivity contribution in [3.05, 3.63) is 24.0 Å². The van der Waals surface area contributed by atoms with Crippen LogP contribution in [0.1, 0.15) is 6.42 Å². The van der Waals surface area contributed by atoms with Crippen LogP contribution in [0.15, 0.2) is 23.1 Å². The number of amides is 1. The number of carbonyl (C=O) groups is 1. The molecular formula is C12H13BrFNO3S.